The largest absolute Gasteiger partial charge is 0.115 e. The van der Waals surface area contributed by atoms with Crippen molar-refractivity contribution in [3.05, 3.63) is 54.4 Å². The highest BCUT2D eigenvalue weighted by atomic mass is 14.0. The lowest BCUT2D eigenvalue weighted by Crippen LogP contribution is -1.79. The lowest BCUT2D eigenvalue weighted by molar-refractivity contribution is 1.65. The van der Waals surface area contributed by atoms with Crippen LogP contribution in [-0.4, -0.2) is 0 Å². The van der Waals surface area contributed by atoms with E-state index in [1.807, 2.05) is 36.4 Å². The van der Waals surface area contributed by atoms with Crippen LogP contribution in [0.2, 0.25) is 0 Å². The first-order valence-electron chi connectivity index (χ1n) is 4.12. The number of fused-ring (bicyclic) bond motifs is 1. The smallest absolute Gasteiger partial charge is 0.0248 e. The summed E-state index contributed by atoms with van der Waals surface area (Å²) in [5, 5.41) is 2.32. The molecule has 0 atom stereocenters. The van der Waals surface area contributed by atoms with Gasteiger partial charge in [0.15, 0.2) is 0 Å². The van der Waals surface area contributed by atoms with Crippen molar-refractivity contribution in [2.24, 2.45) is 0 Å². The molecule has 13 heavy (non-hydrogen) atoms. The minimum absolute atomic E-state index is 0.915. The Kier molecular flexibility index (Phi) is 1.79. The molecule has 0 aromatic heterocycles. The van der Waals surface area contributed by atoms with Gasteiger partial charge in [-0.3, -0.25) is 0 Å². The standard InChI is InChI=1S/C13H9/c1-3-11-7-8-13-10(2)5-4-6-12(13)9-11/h1,4-9H,2H2. The van der Waals surface area contributed by atoms with Crippen molar-refractivity contribution in [2.75, 3.05) is 0 Å². The van der Waals surface area contributed by atoms with E-state index in [1.54, 1.807) is 0 Å². The van der Waals surface area contributed by atoms with Crippen molar-refractivity contribution < 1.29 is 0 Å². The summed E-state index contributed by atoms with van der Waals surface area (Å²) < 4.78 is 0. The van der Waals surface area contributed by atoms with E-state index in [2.05, 4.69) is 12.8 Å². The van der Waals surface area contributed by atoms with Crippen molar-refractivity contribution in [1.29, 1.82) is 0 Å². The van der Waals surface area contributed by atoms with Gasteiger partial charge in [-0.05, 0) is 35.4 Å². The van der Waals surface area contributed by atoms with Gasteiger partial charge in [0, 0.05) is 5.56 Å². The number of terminal acetylenes is 1. The molecule has 1 radical (unpaired) electrons. The fourth-order valence-electron chi connectivity index (χ4n) is 1.44. The van der Waals surface area contributed by atoms with Crippen molar-refractivity contribution in [3.8, 4) is 12.3 Å². The summed E-state index contributed by atoms with van der Waals surface area (Å²) in [5.41, 5.74) is 1.96. The summed E-state index contributed by atoms with van der Waals surface area (Å²) in [5.74, 6) is 2.62. The predicted octanol–water partition coefficient (Wildman–Crippen LogP) is 3.00. The fourth-order valence-corrected chi connectivity index (χ4v) is 1.44. The Morgan fingerprint density at radius 1 is 1.15 bits per heavy atom. The van der Waals surface area contributed by atoms with Crippen molar-refractivity contribution in [1.82, 2.24) is 0 Å². The van der Waals surface area contributed by atoms with Crippen LogP contribution in [0.5, 0.6) is 0 Å². The Balaban J connectivity index is 2.82. The van der Waals surface area contributed by atoms with Gasteiger partial charge in [-0.15, -0.1) is 6.42 Å². The Bertz CT molecular complexity index is 487. The Morgan fingerprint density at radius 3 is 2.77 bits per heavy atom. The minimum atomic E-state index is 0.915. The van der Waals surface area contributed by atoms with E-state index in [1.165, 1.54) is 5.39 Å². The van der Waals surface area contributed by atoms with Crippen molar-refractivity contribution in [3.63, 3.8) is 0 Å². The lowest BCUT2D eigenvalue weighted by atomic mass is 10.0. The average Bonchev–Trinajstić information content (AvgIpc) is 2.18. The van der Waals surface area contributed by atoms with Crippen LogP contribution in [0.3, 0.4) is 0 Å². The average molecular weight is 165 g/mol. The first-order valence-corrected chi connectivity index (χ1v) is 4.12. The second-order valence-electron chi connectivity index (χ2n) is 3.00. The summed E-state index contributed by atoms with van der Waals surface area (Å²) in [6.45, 7) is 3.95. The number of hydrogen-bond acceptors (Lipinski definition) is 0. The summed E-state index contributed by atoms with van der Waals surface area (Å²) in [7, 11) is 0. The number of hydrogen-bond donors (Lipinski definition) is 0. The van der Waals surface area contributed by atoms with Gasteiger partial charge >= 0.3 is 0 Å². The molecule has 2 rings (SSSR count). The van der Waals surface area contributed by atoms with Crippen molar-refractivity contribution >= 4 is 10.8 Å². The van der Waals surface area contributed by atoms with Gasteiger partial charge in [0.25, 0.3) is 0 Å². The molecule has 0 bridgehead atoms. The third-order valence-corrected chi connectivity index (χ3v) is 2.14. The monoisotopic (exact) mass is 165 g/mol. The molecule has 0 spiro atoms. The molecule has 0 unspecified atom stereocenters. The van der Waals surface area contributed by atoms with Crippen LogP contribution in [0.25, 0.3) is 10.8 Å². The predicted molar refractivity (Wildman–Crippen MR) is 56.3 cm³/mol. The van der Waals surface area contributed by atoms with Crippen LogP contribution in [0.4, 0.5) is 0 Å². The zero-order chi connectivity index (χ0) is 9.26. The maximum atomic E-state index is 5.31. The Labute approximate surface area is 78.2 Å². The van der Waals surface area contributed by atoms with E-state index in [-0.39, 0.29) is 0 Å². The summed E-state index contributed by atoms with van der Waals surface area (Å²) in [6.07, 6.45) is 5.31. The van der Waals surface area contributed by atoms with Crippen LogP contribution in [0, 0.1) is 19.3 Å². The van der Waals surface area contributed by atoms with Gasteiger partial charge in [-0.1, -0.05) is 30.2 Å². The van der Waals surface area contributed by atoms with Crippen LogP contribution < -0.4 is 0 Å². The van der Waals surface area contributed by atoms with Gasteiger partial charge in [-0.25, -0.2) is 0 Å². The molecule has 0 aliphatic carbocycles. The molecule has 0 aliphatic rings. The normalized spacial score (nSPS) is 9.85. The third kappa shape index (κ3) is 1.29. The molecule has 0 nitrogen and oxygen atoms in total. The molecule has 0 aliphatic heterocycles. The van der Waals surface area contributed by atoms with E-state index in [4.69, 9.17) is 6.42 Å². The van der Waals surface area contributed by atoms with E-state index < -0.39 is 0 Å². The lowest BCUT2D eigenvalue weighted by Gasteiger charge is -2.01. The highest BCUT2D eigenvalue weighted by molar-refractivity contribution is 5.87. The summed E-state index contributed by atoms with van der Waals surface area (Å²) in [6, 6.07) is 12.0. The molecule has 2 aromatic rings. The van der Waals surface area contributed by atoms with Crippen LogP contribution in [-0.2, 0) is 0 Å². The van der Waals surface area contributed by atoms with Crippen LogP contribution in [0.15, 0.2) is 36.4 Å². The van der Waals surface area contributed by atoms with Crippen LogP contribution in [0.1, 0.15) is 11.1 Å². The molecule has 2 aromatic carbocycles. The third-order valence-electron chi connectivity index (χ3n) is 2.14. The maximum Gasteiger partial charge on any atom is 0.0248 e. The minimum Gasteiger partial charge on any atom is -0.115 e. The summed E-state index contributed by atoms with van der Waals surface area (Å²) >= 11 is 0. The molecular weight excluding hydrogens is 156 g/mol. The molecule has 0 amide bonds. The fraction of sp³-hybridized carbons (Fsp3) is 0. The zero-order valence-corrected chi connectivity index (χ0v) is 7.25. The van der Waals surface area contributed by atoms with Gasteiger partial charge in [-0.2, -0.15) is 0 Å². The first kappa shape index (κ1) is 7.89. The summed E-state index contributed by atoms with van der Waals surface area (Å²) in [4.78, 5) is 0. The molecule has 0 saturated heterocycles. The molecule has 0 saturated carbocycles. The molecular formula is C13H9. The molecule has 61 valence electrons. The first-order chi connectivity index (χ1) is 6.31. The van der Waals surface area contributed by atoms with Gasteiger partial charge < -0.3 is 0 Å². The van der Waals surface area contributed by atoms with E-state index in [9.17, 15) is 0 Å². The van der Waals surface area contributed by atoms with Gasteiger partial charge in [0.1, 0.15) is 0 Å². The molecule has 0 heteroatoms. The number of rotatable bonds is 0. The molecule has 0 fully saturated rings. The SMILES string of the molecule is C#Cc1ccc2c([CH2])cccc2c1. The Morgan fingerprint density at radius 2 is 2.00 bits per heavy atom. The van der Waals surface area contributed by atoms with Gasteiger partial charge in [0.2, 0.25) is 0 Å². The molecule has 0 heterocycles. The second-order valence-corrected chi connectivity index (χ2v) is 3.00. The Hall–Kier alpha value is -1.74. The van der Waals surface area contributed by atoms with E-state index in [0.717, 1.165) is 16.5 Å². The quantitative estimate of drug-likeness (QED) is 0.526. The van der Waals surface area contributed by atoms with Crippen molar-refractivity contribution in [2.45, 2.75) is 0 Å². The number of benzene rings is 2. The van der Waals surface area contributed by atoms with Gasteiger partial charge in [0.05, 0.1) is 0 Å². The molecule has 0 N–H and O–H groups in total. The maximum absolute atomic E-state index is 5.31. The highest BCUT2D eigenvalue weighted by Gasteiger charge is 1.96. The van der Waals surface area contributed by atoms with E-state index in [0.29, 0.717) is 0 Å². The second kappa shape index (κ2) is 2.95. The zero-order valence-electron chi connectivity index (χ0n) is 7.25. The van der Waals surface area contributed by atoms with E-state index >= 15 is 0 Å². The van der Waals surface area contributed by atoms with Crippen LogP contribution >= 0.6 is 0 Å². The highest BCUT2D eigenvalue weighted by Crippen LogP contribution is 2.18. The topological polar surface area (TPSA) is 0 Å².